The van der Waals surface area contributed by atoms with Crippen LogP contribution in [0, 0.1) is 17.2 Å². The Morgan fingerprint density at radius 2 is 2.15 bits per heavy atom. The topological polar surface area (TPSA) is 62.1 Å². The Kier molecular flexibility index (Phi) is 5.00. The SMILES string of the molecule is CCOC(=O)C1CCCC(Nc2ccc(C#N)cc2)C1. The summed E-state index contributed by atoms with van der Waals surface area (Å²) in [5.41, 5.74) is 1.65. The Morgan fingerprint density at radius 3 is 2.80 bits per heavy atom. The molecule has 1 N–H and O–H groups in total. The van der Waals surface area contributed by atoms with Gasteiger partial charge in [0.05, 0.1) is 24.2 Å². The van der Waals surface area contributed by atoms with Crippen LogP contribution in [-0.2, 0) is 9.53 Å². The molecule has 106 valence electrons. The first-order valence-electron chi connectivity index (χ1n) is 7.16. The molecule has 0 radical (unpaired) electrons. The fourth-order valence-corrected chi connectivity index (χ4v) is 2.67. The minimum Gasteiger partial charge on any atom is -0.466 e. The summed E-state index contributed by atoms with van der Waals surface area (Å²) < 4.78 is 5.11. The monoisotopic (exact) mass is 272 g/mol. The molecule has 2 unspecified atom stereocenters. The van der Waals surface area contributed by atoms with Crippen LogP contribution in [0.3, 0.4) is 0 Å². The standard InChI is InChI=1S/C16H20N2O2/c1-2-20-16(19)13-4-3-5-15(10-13)18-14-8-6-12(11-17)7-9-14/h6-9,13,15,18H,2-5,10H2,1H3. The number of carbonyl (C=O) groups excluding carboxylic acids is 1. The number of hydrogen-bond donors (Lipinski definition) is 1. The van der Waals surface area contributed by atoms with Gasteiger partial charge < -0.3 is 10.1 Å². The van der Waals surface area contributed by atoms with E-state index in [0.29, 0.717) is 18.2 Å². The average Bonchev–Trinajstić information content (AvgIpc) is 2.48. The smallest absolute Gasteiger partial charge is 0.308 e. The van der Waals surface area contributed by atoms with Gasteiger partial charge in [0.25, 0.3) is 0 Å². The average molecular weight is 272 g/mol. The van der Waals surface area contributed by atoms with Crippen molar-refractivity contribution in [1.29, 1.82) is 5.26 Å². The van der Waals surface area contributed by atoms with Gasteiger partial charge in [-0.15, -0.1) is 0 Å². The largest absolute Gasteiger partial charge is 0.466 e. The van der Waals surface area contributed by atoms with Crippen LogP contribution in [0.2, 0.25) is 0 Å². The number of nitriles is 1. The van der Waals surface area contributed by atoms with Gasteiger partial charge in [0.1, 0.15) is 0 Å². The van der Waals surface area contributed by atoms with Crippen molar-refractivity contribution in [3.63, 3.8) is 0 Å². The molecule has 0 bridgehead atoms. The Balaban J connectivity index is 1.92. The zero-order valence-electron chi connectivity index (χ0n) is 11.8. The second kappa shape index (κ2) is 6.95. The molecule has 4 nitrogen and oxygen atoms in total. The molecule has 2 rings (SSSR count). The molecule has 1 aromatic rings. The van der Waals surface area contributed by atoms with Crippen LogP contribution in [0.5, 0.6) is 0 Å². The van der Waals surface area contributed by atoms with Gasteiger partial charge in [-0.1, -0.05) is 6.42 Å². The quantitative estimate of drug-likeness (QED) is 0.855. The van der Waals surface area contributed by atoms with Crippen molar-refractivity contribution >= 4 is 11.7 Å². The Morgan fingerprint density at radius 1 is 1.40 bits per heavy atom. The minimum atomic E-state index is -0.0705. The predicted molar refractivity (Wildman–Crippen MR) is 77.2 cm³/mol. The number of esters is 1. The van der Waals surface area contributed by atoms with Gasteiger partial charge in [-0.3, -0.25) is 4.79 Å². The summed E-state index contributed by atoms with van der Waals surface area (Å²) in [5.74, 6) is -0.0570. The molecule has 0 saturated heterocycles. The molecule has 20 heavy (non-hydrogen) atoms. The Bertz CT molecular complexity index is 490. The summed E-state index contributed by atoms with van der Waals surface area (Å²) in [6.07, 6.45) is 3.84. The fourth-order valence-electron chi connectivity index (χ4n) is 2.67. The van der Waals surface area contributed by atoms with Crippen LogP contribution >= 0.6 is 0 Å². The lowest BCUT2D eigenvalue weighted by atomic mass is 9.85. The first-order chi connectivity index (χ1) is 9.72. The molecule has 1 aromatic carbocycles. The highest BCUT2D eigenvalue weighted by atomic mass is 16.5. The highest BCUT2D eigenvalue weighted by Crippen LogP contribution is 2.27. The lowest BCUT2D eigenvalue weighted by Crippen LogP contribution is -2.32. The number of hydrogen-bond acceptors (Lipinski definition) is 4. The van der Waals surface area contributed by atoms with Gasteiger partial charge in [-0.2, -0.15) is 5.26 Å². The van der Waals surface area contributed by atoms with Crippen LogP contribution in [0.4, 0.5) is 5.69 Å². The third-order valence-electron chi connectivity index (χ3n) is 3.68. The molecule has 2 atom stereocenters. The van der Waals surface area contributed by atoms with Crippen LogP contribution < -0.4 is 5.32 Å². The summed E-state index contributed by atoms with van der Waals surface area (Å²) in [6, 6.07) is 9.82. The van der Waals surface area contributed by atoms with Crippen LogP contribution in [0.15, 0.2) is 24.3 Å². The molecule has 0 aliphatic heterocycles. The van der Waals surface area contributed by atoms with Gasteiger partial charge in [-0.05, 0) is 50.5 Å². The highest BCUT2D eigenvalue weighted by molar-refractivity contribution is 5.72. The number of rotatable bonds is 4. The van der Waals surface area contributed by atoms with Crippen molar-refractivity contribution in [3.8, 4) is 6.07 Å². The third-order valence-corrected chi connectivity index (χ3v) is 3.68. The molecule has 1 saturated carbocycles. The molecule has 0 amide bonds. The fraction of sp³-hybridized carbons (Fsp3) is 0.500. The zero-order valence-corrected chi connectivity index (χ0v) is 11.8. The molecule has 1 fully saturated rings. The van der Waals surface area contributed by atoms with Crippen LogP contribution in [0.25, 0.3) is 0 Å². The number of ether oxygens (including phenoxy) is 1. The van der Waals surface area contributed by atoms with E-state index in [1.165, 1.54) is 0 Å². The predicted octanol–water partition coefficient (Wildman–Crippen LogP) is 3.09. The number of anilines is 1. The first kappa shape index (κ1) is 14.4. The summed E-state index contributed by atoms with van der Waals surface area (Å²) in [6.45, 7) is 2.29. The van der Waals surface area contributed by atoms with E-state index < -0.39 is 0 Å². The van der Waals surface area contributed by atoms with E-state index in [4.69, 9.17) is 10.00 Å². The molecule has 1 aliphatic carbocycles. The Labute approximate surface area is 119 Å². The number of benzene rings is 1. The molecular formula is C16H20N2O2. The molecule has 1 aliphatic rings. The van der Waals surface area contributed by atoms with Crippen molar-refractivity contribution in [2.75, 3.05) is 11.9 Å². The van der Waals surface area contributed by atoms with Crippen molar-refractivity contribution in [2.24, 2.45) is 5.92 Å². The maximum absolute atomic E-state index is 11.8. The van der Waals surface area contributed by atoms with Gasteiger partial charge in [-0.25, -0.2) is 0 Å². The summed E-state index contributed by atoms with van der Waals surface area (Å²) in [7, 11) is 0. The van der Waals surface area contributed by atoms with Crippen LogP contribution in [-0.4, -0.2) is 18.6 Å². The molecule has 0 aromatic heterocycles. The first-order valence-corrected chi connectivity index (χ1v) is 7.16. The maximum Gasteiger partial charge on any atom is 0.308 e. The van der Waals surface area contributed by atoms with E-state index in [-0.39, 0.29) is 11.9 Å². The summed E-state index contributed by atoms with van der Waals surface area (Å²) >= 11 is 0. The van der Waals surface area contributed by atoms with E-state index >= 15 is 0 Å². The lowest BCUT2D eigenvalue weighted by molar-refractivity contribution is -0.149. The third kappa shape index (κ3) is 3.74. The highest BCUT2D eigenvalue weighted by Gasteiger charge is 2.28. The van der Waals surface area contributed by atoms with Gasteiger partial charge in [0.2, 0.25) is 0 Å². The lowest BCUT2D eigenvalue weighted by Gasteiger charge is -2.29. The molecule has 0 spiro atoms. The van der Waals surface area contributed by atoms with E-state index in [0.717, 1.165) is 31.4 Å². The van der Waals surface area contributed by atoms with E-state index in [2.05, 4.69) is 11.4 Å². The normalized spacial score (nSPS) is 21.8. The van der Waals surface area contributed by atoms with Gasteiger partial charge in [0, 0.05) is 11.7 Å². The van der Waals surface area contributed by atoms with Crippen LogP contribution in [0.1, 0.15) is 38.2 Å². The second-order valence-electron chi connectivity index (χ2n) is 5.15. The van der Waals surface area contributed by atoms with Crippen molar-refractivity contribution in [1.82, 2.24) is 0 Å². The van der Waals surface area contributed by atoms with Gasteiger partial charge >= 0.3 is 5.97 Å². The summed E-state index contributed by atoms with van der Waals surface area (Å²) in [4.78, 5) is 11.8. The molecule has 0 heterocycles. The number of carbonyl (C=O) groups is 1. The van der Waals surface area contributed by atoms with E-state index in [1.54, 1.807) is 12.1 Å². The summed E-state index contributed by atoms with van der Waals surface area (Å²) in [5, 5.41) is 12.2. The zero-order chi connectivity index (χ0) is 14.4. The Hall–Kier alpha value is -2.02. The van der Waals surface area contributed by atoms with Crippen molar-refractivity contribution in [2.45, 2.75) is 38.6 Å². The van der Waals surface area contributed by atoms with Crippen molar-refractivity contribution in [3.05, 3.63) is 29.8 Å². The van der Waals surface area contributed by atoms with Crippen molar-refractivity contribution < 1.29 is 9.53 Å². The minimum absolute atomic E-state index is 0.0135. The molecule has 4 heteroatoms. The molecular weight excluding hydrogens is 252 g/mol. The van der Waals surface area contributed by atoms with Gasteiger partial charge in [0.15, 0.2) is 0 Å². The maximum atomic E-state index is 11.8. The number of nitrogens with one attached hydrogen (secondary N) is 1. The van der Waals surface area contributed by atoms with E-state index in [1.807, 2.05) is 19.1 Å². The second-order valence-corrected chi connectivity index (χ2v) is 5.15. The van der Waals surface area contributed by atoms with E-state index in [9.17, 15) is 4.79 Å². The number of nitrogens with zero attached hydrogens (tertiary/aromatic N) is 1.